The molecule has 25 heavy (non-hydrogen) atoms. The van der Waals surface area contributed by atoms with Crippen molar-refractivity contribution in [3.63, 3.8) is 0 Å². The van der Waals surface area contributed by atoms with Crippen molar-refractivity contribution in [1.29, 1.82) is 0 Å². The number of nitrogens with two attached hydrogens (primary N) is 1. The van der Waals surface area contributed by atoms with E-state index in [1.165, 1.54) is 5.56 Å². The second-order valence-electron chi connectivity index (χ2n) is 6.36. The van der Waals surface area contributed by atoms with Gasteiger partial charge in [-0.1, -0.05) is 25.5 Å². The Morgan fingerprint density at radius 2 is 2.00 bits per heavy atom. The summed E-state index contributed by atoms with van der Waals surface area (Å²) in [6, 6.07) is 7.64. The van der Waals surface area contributed by atoms with Gasteiger partial charge in [-0.25, -0.2) is 0 Å². The van der Waals surface area contributed by atoms with Crippen molar-refractivity contribution in [1.82, 2.24) is 5.32 Å². The molecule has 1 aromatic carbocycles. The van der Waals surface area contributed by atoms with E-state index in [2.05, 4.69) is 12.2 Å². The Labute approximate surface area is 157 Å². The van der Waals surface area contributed by atoms with E-state index in [1.54, 1.807) is 0 Å². The Morgan fingerprint density at radius 3 is 2.64 bits per heavy atom. The summed E-state index contributed by atoms with van der Waals surface area (Å²) < 4.78 is 11.0. The van der Waals surface area contributed by atoms with Gasteiger partial charge in [0.05, 0.1) is 12.6 Å². The van der Waals surface area contributed by atoms with Gasteiger partial charge in [-0.05, 0) is 49.3 Å². The highest BCUT2D eigenvalue weighted by atomic mass is 35.5. The van der Waals surface area contributed by atoms with Gasteiger partial charge in [-0.2, -0.15) is 0 Å². The average molecular weight is 371 g/mol. The minimum absolute atomic E-state index is 0. The number of benzene rings is 1. The Morgan fingerprint density at radius 1 is 1.32 bits per heavy atom. The fourth-order valence-corrected chi connectivity index (χ4v) is 2.82. The topological polar surface area (TPSA) is 73.6 Å². The smallest absolute Gasteiger partial charge is 0.237 e. The predicted octanol–water partition coefficient (Wildman–Crippen LogP) is 2.70. The van der Waals surface area contributed by atoms with Crippen LogP contribution in [-0.4, -0.2) is 38.3 Å². The number of unbranched alkanes of at least 4 members (excludes halogenated alkanes) is 1. The molecule has 0 radical (unpaired) electrons. The molecule has 6 heteroatoms. The predicted molar refractivity (Wildman–Crippen MR) is 102 cm³/mol. The van der Waals surface area contributed by atoms with Crippen molar-refractivity contribution < 1.29 is 14.3 Å². The number of hydrogen-bond donors (Lipinski definition) is 2. The first kappa shape index (κ1) is 21.7. The average Bonchev–Trinajstić information content (AvgIpc) is 2.63. The zero-order valence-electron chi connectivity index (χ0n) is 15.0. The third-order valence-corrected chi connectivity index (χ3v) is 4.48. The number of hydrogen-bond acceptors (Lipinski definition) is 4. The lowest BCUT2D eigenvalue weighted by atomic mass is 9.92. The van der Waals surface area contributed by atoms with Crippen molar-refractivity contribution in [3.8, 4) is 5.75 Å². The van der Waals surface area contributed by atoms with E-state index in [1.807, 2.05) is 24.3 Å². The number of halogens is 1. The summed E-state index contributed by atoms with van der Waals surface area (Å²) in [5, 5.41) is 2.95. The van der Waals surface area contributed by atoms with Crippen LogP contribution in [0.3, 0.4) is 0 Å². The van der Waals surface area contributed by atoms with Crippen molar-refractivity contribution in [2.75, 3.05) is 26.4 Å². The van der Waals surface area contributed by atoms with Crippen LogP contribution in [0.1, 0.15) is 38.2 Å². The normalized spacial score (nSPS) is 15.9. The van der Waals surface area contributed by atoms with E-state index in [-0.39, 0.29) is 24.2 Å². The highest BCUT2D eigenvalue weighted by molar-refractivity contribution is 5.85. The summed E-state index contributed by atoms with van der Waals surface area (Å²) in [6.07, 6.45) is 4.73. The standard InChI is InChI=1S/C19H30N2O3.ClH/c1-2-3-12-24-17-6-4-15(5-7-17)8-11-21-19(22)18(20)16-9-13-23-14-10-16;/h4-7,16,18H,2-3,8-14,20H2,1H3,(H,21,22);1H. The third kappa shape index (κ3) is 7.63. The molecule has 0 bridgehead atoms. The minimum atomic E-state index is -0.428. The van der Waals surface area contributed by atoms with Gasteiger partial charge in [0.2, 0.25) is 5.91 Å². The third-order valence-electron chi connectivity index (χ3n) is 4.48. The molecule has 1 aliphatic heterocycles. The van der Waals surface area contributed by atoms with E-state index >= 15 is 0 Å². The fourth-order valence-electron chi connectivity index (χ4n) is 2.82. The largest absolute Gasteiger partial charge is 0.494 e. The molecule has 1 heterocycles. The quantitative estimate of drug-likeness (QED) is 0.655. The van der Waals surface area contributed by atoms with Crippen LogP contribution in [0.25, 0.3) is 0 Å². The molecule has 1 saturated heterocycles. The summed E-state index contributed by atoms with van der Waals surface area (Å²) in [7, 11) is 0. The molecule has 5 nitrogen and oxygen atoms in total. The van der Waals surface area contributed by atoms with Gasteiger partial charge in [-0.15, -0.1) is 12.4 Å². The zero-order chi connectivity index (χ0) is 17.2. The van der Waals surface area contributed by atoms with Crippen LogP contribution in [0.4, 0.5) is 0 Å². The fraction of sp³-hybridized carbons (Fsp3) is 0.632. The van der Waals surface area contributed by atoms with Gasteiger partial charge in [0, 0.05) is 19.8 Å². The summed E-state index contributed by atoms with van der Waals surface area (Å²) >= 11 is 0. The number of ether oxygens (including phenoxy) is 2. The molecule has 3 N–H and O–H groups in total. The molecule has 0 spiro atoms. The molecule has 142 valence electrons. The SMILES string of the molecule is CCCCOc1ccc(CCNC(=O)C(N)C2CCOCC2)cc1.Cl. The van der Waals surface area contributed by atoms with E-state index in [0.717, 1.165) is 44.5 Å². The molecule has 1 unspecified atom stereocenters. The van der Waals surface area contributed by atoms with Gasteiger partial charge in [0.1, 0.15) is 5.75 Å². The molecule has 1 amide bonds. The Hall–Kier alpha value is -1.30. The summed E-state index contributed by atoms with van der Waals surface area (Å²) in [4.78, 5) is 12.1. The molecule has 1 atom stereocenters. The first-order chi connectivity index (χ1) is 11.7. The van der Waals surface area contributed by atoms with Crippen LogP contribution in [0.2, 0.25) is 0 Å². The maximum absolute atomic E-state index is 12.1. The number of amides is 1. The van der Waals surface area contributed by atoms with Gasteiger partial charge in [0.25, 0.3) is 0 Å². The molecular weight excluding hydrogens is 340 g/mol. The number of nitrogens with one attached hydrogen (secondary N) is 1. The minimum Gasteiger partial charge on any atom is -0.494 e. The van der Waals surface area contributed by atoms with Crippen LogP contribution >= 0.6 is 12.4 Å². The molecule has 1 aromatic rings. The maximum Gasteiger partial charge on any atom is 0.237 e. The summed E-state index contributed by atoms with van der Waals surface area (Å²) in [6.45, 7) is 4.92. The monoisotopic (exact) mass is 370 g/mol. The Balaban J connectivity index is 0.00000312. The highest BCUT2D eigenvalue weighted by Gasteiger charge is 2.26. The van der Waals surface area contributed by atoms with E-state index < -0.39 is 6.04 Å². The van der Waals surface area contributed by atoms with Crippen LogP contribution in [0, 0.1) is 5.92 Å². The second-order valence-corrected chi connectivity index (χ2v) is 6.36. The number of carbonyl (C=O) groups excluding carboxylic acids is 1. The summed E-state index contributed by atoms with van der Waals surface area (Å²) in [5.74, 6) is 1.08. The molecule has 2 rings (SSSR count). The molecule has 0 aromatic heterocycles. The zero-order valence-corrected chi connectivity index (χ0v) is 15.9. The van der Waals surface area contributed by atoms with Crippen LogP contribution in [-0.2, 0) is 16.0 Å². The molecule has 1 aliphatic rings. The molecule has 1 fully saturated rings. The van der Waals surface area contributed by atoms with E-state index in [4.69, 9.17) is 15.2 Å². The van der Waals surface area contributed by atoms with Gasteiger partial charge in [0.15, 0.2) is 0 Å². The van der Waals surface area contributed by atoms with Gasteiger partial charge in [-0.3, -0.25) is 4.79 Å². The lowest BCUT2D eigenvalue weighted by Gasteiger charge is -2.26. The molecule has 0 saturated carbocycles. The van der Waals surface area contributed by atoms with E-state index in [9.17, 15) is 4.79 Å². The first-order valence-corrected chi connectivity index (χ1v) is 9.03. The van der Waals surface area contributed by atoms with Crippen molar-refractivity contribution >= 4 is 18.3 Å². The first-order valence-electron chi connectivity index (χ1n) is 9.03. The second kappa shape index (κ2) is 12.1. The number of carbonyl (C=O) groups is 1. The highest BCUT2D eigenvalue weighted by Crippen LogP contribution is 2.17. The maximum atomic E-state index is 12.1. The lowest BCUT2D eigenvalue weighted by molar-refractivity contribution is -0.124. The Bertz CT molecular complexity index is 490. The van der Waals surface area contributed by atoms with Gasteiger partial charge < -0.3 is 20.5 Å². The van der Waals surface area contributed by atoms with Gasteiger partial charge >= 0.3 is 0 Å². The van der Waals surface area contributed by atoms with Crippen molar-refractivity contribution in [3.05, 3.63) is 29.8 Å². The Kier molecular flexibility index (Phi) is 10.5. The molecular formula is C19H31ClN2O3. The van der Waals surface area contributed by atoms with Crippen LogP contribution in [0.5, 0.6) is 5.75 Å². The molecule has 0 aliphatic carbocycles. The number of rotatable bonds is 9. The summed E-state index contributed by atoms with van der Waals surface area (Å²) in [5.41, 5.74) is 7.24. The van der Waals surface area contributed by atoms with Crippen LogP contribution in [0.15, 0.2) is 24.3 Å². The van der Waals surface area contributed by atoms with Crippen LogP contribution < -0.4 is 15.8 Å². The van der Waals surface area contributed by atoms with E-state index in [0.29, 0.717) is 19.8 Å². The lowest BCUT2D eigenvalue weighted by Crippen LogP contribution is -2.47. The van der Waals surface area contributed by atoms with Crippen molar-refractivity contribution in [2.45, 2.75) is 45.1 Å². The van der Waals surface area contributed by atoms with Crippen molar-refractivity contribution in [2.24, 2.45) is 11.7 Å².